The van der Waals surface area contributed by atoms with Crippen molar-refractivity contribution < 1.29 is 4.79 Å². The molecule has 0 spiro atoms. The number of carbonyl (C=O) groups excluding carboxylic acids is 1. The molecule has 0 saturated heterocycles. The van der Waals surface area contributed by atoms with E-state index in [9.17, 15) is 4.79 Å². The lowest BCUT2D eigenvalue weighted by atomic mass is 10.0. The Labute approximate surface area is 218 Å². The van der Waals surface area contributed by atoms with Crippen LogP contribution in [0.1, 0.15) is 31.7 Å². The topological polar surface area (TPSA) is 125 Å². The van der Waals surface area contributed by atoms with E-state index >= 15 is 0 Å². The van der Waals surface area contributed by atoms with Gasteiger partial charge in [0.25, 0.3) is 0 Å². The van der Waals surface area contributed by atoms with Crippen molar-refractivity contribution in [2.45, 2.75) is 33.1 Å². The number of rotatable bonds is 7. The normalized spacial score (nSPS) is 11.3. The Morgan fingerprint density at radius 2 is 1.82 bits per heavy atom. The van der Waals surface area contributed by atoms with Gasteiger partial charge in [0.1, 0.15) is 5.52 Å². The van der Waals surface area contributed by atoms with Crippen LogP contribution in [-0.2, 0) is 4.79 Å². The van der Waals surface area contributed by atoms with Gasteiger partial charge in [0.15, 0.2) is 11.5 Å². The molecule has 0 unspecified atom stereocenters. The third-order valence-corrected chi connectivity index (χ3v) is 6.43. The van der Waals surface area contributed by atoms with Crippen LogP contribution in [0, 0.1) is 6.92 Å². The second-order valence-electron chi connectivity index (χ2n) is 9.32. The zero-order valence-corrected chi connectivity index (χ0v) is 21.1. The summed E-state index contributed by atoms with van der Waals surface area (Å²) < 4.78 is 0. The third-order valence-electron chi connectivity index (χ3n) is 6.43. The summed E-state index contributed by atoms with van der Waals surface area (Å²) in [5.74, 6) is 0.587. The number of hydrogen-bond acceptors (Lipinski definition) is 6. The highest BCUT2D eigenvalue weighted by Crippen LogP contribution is 2.31. The Morgan fingerprint density at radius 3 is 2.68 bits per heavy atom. The summed E-state index contributed by atoms with van der Waals surface area (Å²) >= 11 is 0. The standard InChI is InChI=1S/C29H26N8O/c1-3-4-8-25(38)32-20-12-19(13-30-14-20)22-9-10-23-27(33-22)28(37-36-23)29-34-24-16-31-15-21(26(24)35-29)18-7-5-6-17(2)11-18/h5-7,9-16H,3-4,8H2,1-2H3,(H,32,38)(H,34,35)(H,36,37). The molecule has 6 aromatic rings. The van der Waals surface area contributed by atoms with Crippen molar-refractivity contribution in [2.24, 2.45) is 0 Å². The average molecular weight is 503 g/mol. The molecule has 0 bridgehead atoms. The number of hydrogen-bond donors (Lipinski definition) is 3. The van der Waals surface area contributed by atoms with Crippen molar-refractivity contribution in [2.75, 3.05) is 5.32 Å². The van der Waals surface area contributed by atoms with Crippen molar-refractivity contribution in [3.63, 3.8) is 0 Å². The first-order valence-corrected chi connectivity index (χ1v) is 12.6. The number of aromatic nitrogens is 7. The number of fused-ring (bicyclic) bond motifs is 2. The quantitative estimate of drug-likeness (QED) is 0.244. The van der Waals surface area contributed by atoms with Gasteiger partial charge in [-0.25, -0.2) is 9.97 Å². The van der Waals surface area contributed by atoms with Gasteiger partial charge in [-0.15, -0.1) is 0 Å². The monoisotopic (exact) mass is 502 g/mol. The van der Waals surface area contributed by atoms with E-state index in [2.05, 4.69) is 62.5 Å². The van der Waals surface area contributed by atoms with E-state index in [4.69, 9.17) is 9.97 Å². The van der Waals surface area contributed by atoms with E-state index in [0.717, 1.165) is 51.8 Å². The number of H-pyrrole nitrogens is 2. The number of pyridine rings is 3. The van der Waals surface area contributed by atoms with E-state index in [-0.39, 0.29) is 5.91 Å². The molecular formula is C29H26N8O. The smallest absolute Gasteiger partial charge is 0.224 e. The number of aryl methyl sites for hydroxylation is 1. The van der Waals surface area contributed by atoms with Gasteiger partial charge < -0.3 is 10.3 Å². The van der Waals surface area contributed by atoms with Crippen LogP contribution in [0.2, 0.25) is 0 Å². The summed E-state index contributed by atoms with van der Waals surface area (Å²) in [6, 6.07) is 14.0. The molecule has 9 heteroatoms. The van der Waals surface area contributed by atoms with Gasteiger partial charge in [-0.1, -0.05) is 43.2 Å². The number of benzene rings is 1. The zero-order chi connectivity index (χ0) is 26.1. The molecule has 1 amide bonds. The molecule has 1 aromatic carbocycles. The lowest BCUT2D eigenvalue weighted by Gasteiger charge is -2.07. The van der Waals surface area contributed by atoms with Crippen molar-refractivity contribution >= 4 is 33.7 Å². The highest BCUT2D eigenvalue weighted by atomic mass is 16.1. The van der Waals surface area contributed by atoms with Gasteiger partial charge in [0, 0.05) is 29.9 Å². The average Bonchev–Trinajstić information content (AvgIpc) is 3.55. The summed E-state index contributed by atoms with van der Waals surface area (Å²) in [5.41, 5.74) is 9.07. The first-order valence-electron chi connectivity index (χ1n) is 12.6. The van der Waals surface area contributed by atoms with Gasteiger partial charge in [0.2, 0.25) is 5.91 Å². The van der Waals surface area contributed by atoms with E-state index in [1.807, 2.05) is 30.5 Å². The number of unbranched alkanes of at least 4 members (excludes halogenated alkanes) is 1. The van der Waals surface area contributed by atoms with Crippen LogP contribution >= 0.6 is 0 Å². The zero-order valence-electron chi connectivity index (χ0n) is 21.1. The number of amides is 1. The maximum Gasteiger partial charge on any atom is 0.224 e. The van der Waals surface area contributed by atoms with E-state index in [0.29, 0.717) is 29.1 Å². The third kappa shape index (κ3) is 4.50. The number of anilines is 1. The number of nitrogens with one attached hydrogen (secondary N) is 3. The van der Waals surface area contributed by atoms with Gasteiger partial charge in [-0.05, 0) is 37.1 Å². The summed E-state index contributed by atoms with van der Waals surface area (Å²) in [5, 5.41) is 10.5. The van der Waals surface area contributed by atoms with Gasteiger partial charge in [0.05, 0.1) is 40.3 Å². The van der Waals surface area contributed by atoms with Crippen LogP contribution in [0.25, 0.3) is 56.0 Å². The van der Waals surface area contributed by atoms with Gasteiger partial charge >= 0.3 is 0 Å². The van der Waals surface area contributed by atoms with E-state index in [1.165, 1.54) is 5.56 Å². The molecule has 0 saturated carbocycles. The fraction of sp³-hybridized carbons (Fsp3) is 0.172. The van der Waals surface area contributed by atoms with E-state index < -0.39 is 0 Å². The maximum atomic E-state index is 12.2. The predicted octanol–water partition coefficient (Wildman–Crippen LogP) is 6.06. The molecule has 5 heterocycles. The van der Waals surface area contributed by atoms with Crippen molar-refractivity contribution in [3.05, 3.63) is 72.8 Å². The number of carbonyl (C=O) groups is 1. The van der Waals surface area contributed by atoms with Crippen LogP contribution in [0.3, 0.4) is 0 Å². The van der Waals surface area contributed by atoms with Crippen LogP contribution < -0.4 is 5.32 Å². The van der Waals surface area contributed by atoms with Gasteiger partial charge in [-0.2, -0.15) is 5.10 Å². The highest BCUT2D eigenvalue weighted by molar-refractivity contribution is 5.96. The molecule has 0 radical (unpaired) electrons. The molecule has 38 heavy (non-hydrogen) atoms. The molecule has 9 nitrogen and oxygen atoms in total. The molecule has 0 aliphatic rings. The molecule has 5 aromatic heterocycles. The number of aromatic amines is 2. The van der Waals surface area contributed by atoms with Crippen LogP contribution in [0.4, 0.5) is 5.69 Å². The van der Waals surface area contributed by atoms with Crippen LogP contribution in [0.5, 0.6) is 0 Å². The van der Waals surface area contributed by atoms with Crippen molar-refractivity contribution in [1.29, 1.82) is 0 Å². The molecule has 0 atom stereocenters. The minimum Gasteiger partial charge on any atom is -0.335 e. The lowest BCUT2D eigenvalue weighted by molar-refractivity contribution is -0.116. The Morgan fingerprint density at radius 1 is 0.921 bits per heavy atom. The first kappa shape index (κ1) is 23.5. The molecule has 0 fully saturated rings. The lowest BCUT2D eigenvalue weighted by Crippen LogP contribution is -2.11. The summed E-state index contributed by atoms with van der Waals surface area (Å²) in [6.07, 6.45) is 9.29. The Balaban J connectivity index is 1.37. The Bertz CT molecular complexity index is 1780. The summed E-state index contributed by atoms with van der Waals surface area (Å²) in [4.78, 5) is 34.1. The summed E-state index contributed by atoms with van der Waals surface area (Å²) in [6.45, 7) is 4.13. The minimum atomic E-state index is -0.0178. The van der Waals surface area contributed by atoms with Crippen LogP contribution in [0.15, 0.2) is 67.3 Å². The molecule has 3 N–H and O–H groups in total. The largest absolute Gasteiger partial charge is 0.335 e. The van der Waals surface area contributed by atoms with Crippen LogP contribution in [-0.4, -0.2) is 41.0 Å². The molecule has 6 rings (SSSR count). The second-order valence-corrected chi connectivity index (χ2v) is 9.32. The number of nitrogens with zero attached hydrogens (tertiary/aromatic N) is 5. The fourth-order valence-corrected chi connectivity index (χ4v) is 4.50. The molecule has 0 aliphatic carbocycles. The Hall–Kier alpha value is -4.92. The number of imidazole rings is 1. The summed E-state index contributed by atoms with van der Waals surface area (Å²) in [7, 11) is 0. The Kier molecular flexibility index (Phi) is 6.09. The van der Waals surface area contributed by atoms with Crippen molar-refractivity contribution in [3.8, 4) is 33.9 Å². The van der Waals surface area contributed by atoms with E-state index in [1.54, 1.807) is 18.6 Å². The molecule has 0 aliphatic heterocycles. The second kappa shape index (κ2) is 9.85. The fourth-order valence-electron chi connectivity index (χ4n) is 4.50. The van der Waals surface area contributed by atoms with Gasteiger partial charge in [-0.3, -0.25) is 19.9 Å². The molecular weight excluding hydrogens is 476 g/mol. The SMILES string of the molecule is CCCCC(=O)Nc1cncc(-c2ccc3[nH]nc(-c4nc5c(-c6cccc(C)c6)cncc5[nH]4)c3n2)c1. The maximum absolute atomic E-state index is 12.2. The predicted molar refractivity (Wildman–Crippen MR) is 148 cm³/mol. The van der Waals surface area contributed by atoms with Crippen molar-refractivity contribution in [1.82, 2.24) is 35.1 Å². The highest BCUT2D eigenvalue weighted by Gasteiger charge is 2.17. The minimum absolute atomic E-state index is 0.0178. The molecule has 188 valence electrons. The first-order chi connectivity index (χ1) is 18.6.